The van der Waals surface area contributed by atoms with E-state index in [-0.39, 0.29) is 29.2 Å². The fourth-order valence-electron chi connectivity index (χ4n) is 5.00. The van der Waals surface area contributed by atoms with Crippen LogP contribution in [-0.4, -0.2) is 41.2 Å². The molecule has 9 nitrogen and oxygen atoms in total. The highest BCUT2D eigenvalue weighted by molar-refractivity contribution is 7.90. The van der Waals surface area contributed by atoms with Gasteiger partial charge in [0.25, 0.3) is 10.0 Å². The Morgan fingerprint density at radius 3 is 2.10 bits per heavy atom. The minimum absolute atomic E-state index is 0.0302. The molecule has 5 rings (SSSR count). The molecule has 0 unspecified atom stereocenters. The Balaban J connectivity index is 1.42. The number of aromatic nitrogens is 2. The third-order valence-corrected chi connectivity index (χ3v) is 8.74. The number of alkyl carbamates (subject to hydrolysis) is 1. The smallest absolute Gasteiger partial charge is 0.407 e. The summed E-state index contributed by atoms with van der Waals surface area (Å²) in [6, 6.07) is 21.2. The molecular formula is C30H29N3O6S. The van der Waals surface area contributed by atoms with Crippen molar-refractivity contribution in [2.45, 2.75) is 37.6 Å². The number of aryl methyl sites for hydroxylation is 1. The van der Waals surface area contributed by atoms with Crippen molar-refractivity contribution in [1.82, 2.24) is 14.3 Å². The molecule has 206 valence electrons. The Bertz CT molecular complexity index is 1650. The van der Waals surface area contributed by atoms with Gasteiger partial charge >= 0.3 is 12.1 Å². The predicted octanol–water partition coefficient (Wildman–Crippen LogP) is 5.36. The number of nitrogens with zero attached hydrogens (tertiary/aromatic N) is 2. The molecule has 3 aromatic carbocycles. The summed E-state index contributed by atoms with van der Waals surface area (Å²) in [5, 5.41) is 12.3. The molecule has 1 heterocycles. The number of imidazole rings is 1. The van der Waals surface area contributed by atoms with E-state index in [2.05, 4.69) is 10.3 Å². The highest BCUT2D eigenvalue weighted by Gasteiger charge is 2.33. The number of rotatable bonds is 8. The van der Waals surface area contributed by atoms with Gasteiger partial charge in [0.05, 0.1) is 17.1 Å². The number of carboxylic acids is 1. The lowest BCUT2D eigenvalue weighted by molar-refractivity contribution is 0.0690. The summed E-state index contributed by atoms with van der Waals surface area (Å²) in [5.74, 6) is -2.01. The molecule has 0 fully saturated rings. The van der Waals surface area contributed by atoms with Crippen molar-refractivity contribution in [1.29, 1.82) is 0 Å². The zero-order valence-electron chi connectivity index (χ0n) is 22.2. The van der Waals surface area contributed by atoms with Crippen LogP contribution in [0.1, 0.15) is 58.8 Å². The Morgan fingerprint density at radius 2 is 1.55 bits per heavy atom. The van der Waals surface area contributed by atoms with Crippen LogP contribution in [0.4, 0.5) is 4.79 Å². The van der Waals surface area contributed by atoms with Gasteiger partial charge in [-0.1, -0.05) is 80.1 Å². The van der Waals surface area contributed by atoms with E-state index in [1.54, 1.807) is 26.0 Å². The zero-order valence-corrected chi connectivity index (χ0v) is 23.1. The molecule has 0 aliphatic heterocycles. The molecule has 1 atom stereocenters. The number of ether oxygens (including phenoxy) is 1. The molecule has 1 aliphatic carbocycles. The average molecular weight is 560 g/mol. The average Bonchev–Trinajstić information content (AvgIpc) is 3.52. The zero-order chi connectivity index (χ0) is 28.6. The molecule has 0 saturated carbocycles. The SMILES string of the molecule is Cc1ccc(S(=O)(=O)n2cc(C(=O)O)nc2[C@@H](NC(=O)OCC2c3ccccc3-c3ccccc32)C(C)C)cc1. The maximum Gasteiger partial charge on any atom is 0.407 e. The van der Waals surface area contributed by atoms with Crippen molar-refractivity contribution in [3.8, 4) is 11.1 Å². The lowest BCUT2D eigenvalue weighted by atomic mass is 9.98. The second-order valence-electron chi connectivity index (χ2n) is 10.1. The second kappa shape index (κ2) is 10.6. The van der Waals surface area contributed by atoms with Gasteiger partial charge in [0.1, 0.15) is 12.4 Å². The standard InChI is InChI=1S/C30H29N3O6S/c1-18(2)27(28-31-26(29(34)35)16-33(28)40(37,38)20-14-12-19(3)13-15-20)32-30(36)39-17-25-23-10-6-4-8-21(23)22-9-5-7-11-24(22)25/h4-16,18,25,27H,17H2,1-3H3,(H,32,36)(H,34,35)/t27-/m0/s1. The van der Waals surface area contributed by atoms with Gasteiger partial charge < -0.3 is 15.2 Å². The van der Waals surface area contributed by atoms with Crippen molar-refractivity contribution in [3.63, 3.8) is 0 Å². The van der Waals surface area contributed by atoms with Gasteiger partial charge in [-0.15, -0.1) is 0 Å². The lowest BCUT2D eigenvalue weighted by Crippen LogP contribution is -2.35. The van der Waals surface area contributed by atoms with Crippen LogP contribution < -0.4 is 5.32 Å². The molecule has 1 aliphatic rings. The summed E-state index contributed by atoms with van der Waals surface area (Å²) in [6.07, 6.45) is 0.196. The molecule has 4 aromatic rings. The van der Waals surface area contributed by atoms with Gasteiger partial charge in [0, 0.05) is 5.92 Å². The third-order valence-electron chi connectivity index (χ3n) is 7.06. The normalized spacial score (nSPS) is 13.5. The largest absolute Gasteiger partial charge is 0.476 e. The number of nitrogens with one attached hydrogen (secondary N) is 1. The number of hydrogen-bond acceptors (Lipinski definition) is 6. The monoisotopic (exact) mass is 559 g/mol. The number of benzene rings is 3. The van der Waals surface area contributed by atoms with E-state index in [0.29, 0.717) is 0 Å². The van der Waals surface area contributed by atoms with E-state index in [1.807, 2.05) is 55.5 Å². The summed E-state index contributed by atoms with van der Waals surface area (Å²) in [6.45, 7) is 5.44. The van der Waals surface area contributed by atoms with E-state index >= 15 is 0 Å². The first-order valence-electron chi connectivity index (χ1n) is 12.8. The predicted molar refractivity (Wildman–Crippen MR) is 149 cm³/mol. The molecule has 0 spiro atoms. The van der Waals surface area contributed by atoms with Crippen molar-refractivity contribution < 1.29 is 27.9 Å². The van der Waals surface area contributed by atoms with Crippen LogP contribution in [0.2, 0.25) is 0 Å². The van der Waals surface area contributed by atoms with Crippen LogP contribution in [0.25, 0.3) is 11.1 Å². The van der Waals surface area contributed by atoms with Crippen molar-refractivity contribution in [3.05, 3.63) is 107 Å². The molecule has 2 N–H and O–H groups in total. The molecule has 40 heavy (non-hydrogen) atoms. The maximum atomic E-state index is 13.5. The summed E-state index contributed by atoms with van der Waals surface area (Å²) in [4.78, 5) is 28.9. The van der Waals surface area contributed by atoms with Gasteiger partial charge in [0.15, 0.2) is 5.69 Å². The summed E-state index contributed by atoms with van der Waals surface area (Å²) < 4.78 is 33.6. The summed E-state index contributed by atoms with van der Waals surface area (Å²) in [7, 11) is -4.21. The molecule has 0 bridgehead atoms. The minimum Gasteiger partial charge on any atom is -0.476 e. The number of carboxylic acid groups (broad SMARTS) is 1. The fourth-order valence-corrected chi connectivity index (χ4v) is 6.35. The van der Waals surface area contributed by atoms with E-state index in [9.17, 15) is 23.1 Å². The topological polar surface area (TPSA) is 128 Å². The number of carbonyl (C=O) groups excluding carboxylic acids is 1. The van der Waals surface area contributed by atoms with Crippen LogP contribution in [0, 0.1) is 12.8 Å². The summed E-state index contributed by atoms with van der Waals surface area (Å²) in [5.41, 5.74) is 4.72. The van der Waals surface area contributed by atoms with E-state index in [0.717, 1.165) is 38.0 Å². The molecule has 0 saturated heterocycles. The van der Waals surface area contributed by atoms with E-state index < -0.39 is 33.8 Å². The highest BCUT2D eigenvalue weighted by atomic mass is 32.2. The quantitative estimate of drug-likeness (QED) is 0.297. The number of aromatic carboxylic acids is 1. The van der Waals surface area contributed by atoms with E-state index in [1.165, 1.54) is 12.1 Å². The Labute approximate surface area is 232 Å². The van der Waals surface area contributed by atoms with Crippen molar-refractivity contribution in [2.75, 3.05) is 6.61 Å². The lowest BCUT2D eigenvalue weighted by Gasteiger charge is -2.23. The molecule has 0 radical (unpaired) electrons. The first kappa shape index (κ1) is 27.1. The third kappa shape index (κ3) is 4.98. The molecule has 1 amide bonds. The number of amides is 1. The molecule has 1 aromatic heterocycles. The minimum atomic E-state index is -4.21. The Hall–Kier alpha value is -4.44. The summed E-state index contributed by atoms with van der Waals surface area (Å²) >= 11 is 0. The van der Waals surface area contributed by atoms with Crippen molar-refractivity contribution in [2.24, 2.45) is 5.92 Å². The first-order chi connectivity index (χ1) is 19.1. The van der Waals surface area contributed by atoms with Crippen LogP contribution in [0.15, 0.2) is 83.9 Å². The second-order valence-corrected chi connectivity index (χ2v) is 11.9. The number of hydrogen-bond donors (Lipinski definition) is 2. The van der Waals surface area contributed by atoms with Crippen molar-refractivity contribution >= 4 is 22.1 Å². The van der Waals surface area contributed by atoms with E-state index in [4.69, 9.17) is 4.74 Å². The molecular weight excluding hydrogens is 530 g/mol. The van der Waals surface area contributed by atoms with Crippen LogP contribution in [0.5, 0.6) is 0 Å². The fraction of sp³-hybridized carbons (Fsp3) is 0.233. The first-order valence-corrected chi connectivity index (χ1v) is 14.3. The Kier molecular flexibility index (Phi) is 7.20. The van der Waals surface area contributed by atoms with Gasteiger partial charge in [0.2, 0.25) is 0 Å². The van der Waals surface area contributed by atoms with Gasteiger partial charge in [-0.2, -0.15) is 0 Å². The number of carbonyl (C=O) groups is 2. The van der Waals surface area contributed by atoms with Gasteiger partial charge in [-0.25, -0.2) is 27.0 Å². The van der Waals surface area contributed by atoms with Crippen LogP contribution in [-0.2, 0) is 14.8 Å². The van der Waals surface area contributed by atoms with Gasteiger partial charge in [-0.05, 0) is 47.2 Å². The maximum absolute atomic E-state index is 13.5. The van der Waals surface area contributed by atoms with Gasteiger partial charge in [-0.3, -0.25) is 0 Å². The molecule has 10 heteroatoms. The Morgan fingerprint density at radius 1 is 0.975 bits per heavy atom. The highest BCUT2D eigenvalue weighted by Crippen LogP contribution is 2.44. The number of fused-ring (bicyclic) bond motifs is 3. The van der Waals surface area contributed by atoms with Crippen LogP contribution >= 0.6 is 0 Å². The van der Waals surface area contributed by atoms with Crippen LogP contribution in [0.3, 0.4) is 0 Å².